The summed E-state index contributed by atoms with van der Waals surface area (Å²) in [7, 11) is 0. The first-order valence-electron chi connectivity index (χ1n) is 5.93. The van der Waals surface area contributed by atoms with E-state index in [1.54, 1.807) is 0 Å². The summed E-state index contributed by atoms with van der Waals surface area (Å²) in [5, 5.41) is -0.387. The molecule has 0 N–H and O–H groups in total. The van der Waals surface area contributed by atoms with Crippen LogP contribution in [0.2, 0.25) is 5.02 Å². The maximum atomic E-state index is 12.7. The smallest absolute Gasteiger partial charge is 0.417 e. The van der Waals surface area contributed by atoms with Crippen LogP contribution >= 0.6 is 11.6 Å². The Balaban J connectivity index is 2.26. The zero-order valence-corrected chi connectivity index (χ0v) is 11.6. The van der Waals surface area contributed by atoms with Crippen LogP contribution < -0.4 is 4.74 Å². The molecule has 0 atom stereocenters. The highest BCUT2D eigenvalue weighted by Crippen LogP contribution is 2.37. The maximum absolute atomic E-state index is 12.7. The molecule has 2 aromatic carbocycles. The lowest BCUT2D eigenvalue weighted by molar-refractivity contribution is -0.137. The Morgan fingerprint density at radius 3 is 2.14 bits per heavy atom. The molecular weight excluding hydrogens is 305 g/mol. The summed E-state index contributed by atoms with van der Waals surface area (Å²) in [6.07, 6.45) is -4.55. The molecule has 110 valence electrons. The second-order valence-electron chi connectivity index (χ2n) is 4.32. The fourth-order valence-electron chi connectivity index (χ4n) is 1.68. The first-order valence-corrected chi connectivity index (χ1v) is 6.31. The number of carbonyl (C=O) groups excluding carboxylic acids is 1. The molecule has 0 unspecified atom stereocenters. The summed E-state index contributed by atoms with van der Waals surface area (Å²) in [5.74, 6) is 0.241. The lowest BCUT2D eigenvalue weighted by Gasteiger charge is -2.12. The Morgan fingerprint density at radius 2 is 1.62 bits per heavy atom. The molecule has 0 aliphatic carbocycles. The van der Waals surface area contributed by atoms with Crippen molar-refractivity contribution in [3.63, 3.8) is 0 Å². The van der Waals surface area contributed by atoms with Gasteiger partial charge < -0.3 is 4.74 Å². The van der Waals surface area contributed by atoms with Gasteiger partial charge in [-0.1, -0.05) is 11.6 Å². The zero-order valence-electron chi connectivity index (χ0n) is 10.9. The largest absolute Gasteiger partial charge is 0.457 e. The normalized spacial score (nSPS) is 11.3. The van der Waals surface area contributed by atoms with Crippen molar-refractivity contribution in [2.75, 3.05) is 0 Å². The van der Waals surface area contributed by atoms with Gasteiger partial charge in [0.05, 0.1) is 10.6 Å². The molecule has 6 heteroatoms. The molecule has 0 spiro atoms. The van der Waals surface area contributed by atoms with Gasteiger partial charge in [0, 0.05) is 5.56 Å². The summed E-state index contributed by atoms with van der Waals surface area (Å²) in [6, 6.07) is 9.41. The second kappa shape index (κ2) is 5.77. The van der Waals surface area contributed by atoms with Crippen molar-refractivity contribution in [2.24, 2.45) is 0 Å². The van der Waals surface area contributed by atoms with Gasteiger partial charge in [-0.2, -0.15) is 13.2 Å². The molecule has 0 aliphatic heterocycles. The molecule has 0 bridgehead atoms. The van der Waals surface area contributed by atoms with E-state index in [9.17, 15) is 18.0 Å². The first-order chi connectivity index (χ1) is 9.77. The van der Waals surface area contributed by atoms with Crippen LogP contribution in [-0.4, -0.2) is 5.78 Å². The SMILES string of the molecule is CC(=O)c1ccc(Oc2ccc(Cl)c(C(F)(F)F)c2)cc1. The van der Waals surface area contributed by atoms with Crippen molar-refractivity contribution in [3.05, 3.63) is 58.6 Å². The Morgan fingerprint density at radius 1 is 1.05 bits per heavy atom. The topological polar surface area (TPSA) is 26.3 Å². The number of halogens is 4. The van der Waals surface area contributed by atoms with E-state index in [0.29, 0.717) is 11.3 Å². The van der Waals surface area contributed by atoms with E-state index < -0.39 is 11.7 Å². The first kappa shape index (κ1) is 15.4. The fraction of sp³-hybridized carbons (Fsp3) is 0.133. The van der Waals surface area contributed by atoms with Gasteiger partial charge in [0.2, 0.25) is 0 Å². The molecule has 2 nitrogen and oxygen atoms in total. The van der Waals surface area contributed by atoms with Gasteiger partial charge in [0.15, 0.2) is 5.78 Å². The number of hydrogen-bond acceptors (Lipinski definition) is 2. The van der Waals surface area contributed by atoms with Gasteiger partial charge in [-0.05, 0) is 49.4 Å². The Hall–Kier alpha value is -2.01. The minimum absolute atomic E-state index is 0.0160. The van der Waals surface area contributed by atoms with E-state index in [4.69, 9.17) is 16.3 Å². The monoisotopic (exact) mass is 314 g/mol. The molecular formula is C15H10ClF3O2. The Labute approximate surface area is 124 Å². The second-order valence-corrected chi connectivity index (χ2v) is 4.73. The molecule has 0 fully saturated rings. The summed E-state index contributed by atoms with van der Waals surface area (Å²) in [5.41, 5.74) is -0.462. The molecule has 2 rings (SSSR count). The van der Waals surface area contributed by atoms with Crippen molar-refractivity contribution in [2.45, 2.75) is 13.1 Å². The van der Waals surface area contributed by atoms with Gasteiger partial charge in [-0.15, -0.1) is 0 Å². The highest BCUT2D eigenvalue weighted by atomic mass is 35.5. The summed E-state index contributed by atoms with van der Waals surface area (Å²) in [4.78, 5) is 11.1. The van der Waals surface area contributed by atoms with Crippen LogP contribution in [0.5, 0.6) is 11.5 Å². The van der Waals surface area contributed by atoms with E-state index in [2.05, 4.69) is 0 Å². The number of benzene rings is 2. The highest BCUT2D eigenvalue weighted by molar-refractivity contribution is 6.31. The van der Waals surface area contributed by atoms with Crippen LogP contribution in [0, 0.1) is 0 Å². The van der Waals surface area contributed by atoms with E-state index in [0.717, 1.165) is 12.1 Å². The number of rotatable bonds is 3. The number of ether oxygens (including phenoxy) is 1. The number of Topliss-reactive ketones (excluding diaryl/α,β-unsaturated/α-hetero) is 1. The maximum Gasteiger partial charge on any atom is 0.417 e. The molecule has 2 aromatic rings. The minimum Gasteiger partial charge on any atom is -0.457 e. The van der Waals surface area contributed by atoms with Crippen LogP contribution in [0.25, 0.3) is 0 Å². The van der Waals surface area contributed by atoms with Crippen LogP contribution in [0.15, 0.2) is 42.5 Å². The number of hydrogen-bond donors (Lipinski definition) is 0. The average Bonchev–Trinajstić information content (AvgIpc) is 2.40. The molecule has 0 radical (unpaired) electrons. The van der Waals surface area contributed by atoms with Crippen molar-refractivity contribution in [1.82, 2.24) is 0 Å². The number of carbonyl (C=O) groups is 1. The Kier molecular flexibility index (Phi) is 4.23. The van der Waals surface area contributed by atoms with Crippen molar-refractivity contribution in [3.8, 4) is 11.5 Å². The lowest BCUT2D eigenvalue weighted by Crippen LogP contribution is -2.05. The minimum atomic E-state index is -4.55. The molecule has 0 aliphatic rings. The summed E-state index contributed by atoms with van der Waals surface area (Å²) in [6.45, 7) is 1.42. The van der Waals surface area contributed by atoms with E-state index in [-0.39, 0.29) is 16.6 Å². The van der Waals surface area contributed by atoms with Crippen molar-refractivity contribution < 1.29 is 22.7 Å². The predicted octanol–water partition coefficient (Wildman–Crippen LogP) is 5.35. The molecule has 0 aromatic heterocycles. The van der Waals surface area contributed by atoms with Gasteiger partial charge in [-0.3, -0.25) is 4.79 Å². The number of alkyl halides is 3. The van der Waals surface area contributed by atoms with Gasteiger partial charge in [0.25, 0.3) is 0 Å². The molecule has 0 heterocycles. The van der Waals surface area contributed by atoms with Crippen molar-refractivity contribution >= 4 is 17.4 Å². The summed E-state index contributed by atoms with van der Waals surface area (Å²) >= 11 is 5.53. The van der Waals surface area contributed by atoms with E-state index >= 15 is 0 Å². The van der Waals surface area contributed by atoms with Gasteiger partial charge in [0.1, 0.15) is 11.5 Å². The lowest BCUT2D eigenvalue weighted by atomic mass is 10.1. The standard InChI is InChI=1S/C15H10ClF3O2/c1-9(20)10-2-4-11(5-3-10)21-12-6-7-14(16)13(8-12)15(17,18)19/h2-8H,1H3. The Bertz CT molecular complexity index is 664. The third-order valence-electron chi connectivity index (χ3n) is 2.74. The quantitative estimate of drug-likeness (QED) is 0.713. The summed E-state index contributed by atoms with van der Waals surface area (Å²) < 4.78 is 43.5. The van der Waals surface area contributed by atoms with E-state index in [1.807, 2.05) is 0 Å². The predicted molar refractivity (Wildman–Crippen MR) is 73.0 cm³/mol. The van der Waals surface area contributed by atoms with Crippen LogP contribution in [0.3, 0.4) is 0 Å². The highest BCUT2D eigenvalue weighted by Gasteiger charge is 2.33. The van der Waals surface area contributed by atoms with Crippen molar-refractivity contribution in [1.29, 1.82) is 0 Å². The fourth-order valence-corrected chi connectivity index (χ4v) is 1.90. The third-order valence-corrected chi connectivity index (χ3v) is 3.07. The zero-order chi connectivity index (χ0) is 15.6. The molecule has 21 heavy (non-hydrogen) atoms. The molecule has 0 amide bonds. The number of ketones is 1. The molecule has 0 saturated heterocycles. The van der Waals surface area contributed by atoms with Crippen LogP contribution in [0.1, 0.15) is 22.8 Å². The van der Waals surface area contributed by atoms with Gasteiger partial charge in [-0.25, -0.2) is 0 Å². The van der Waals surface area contributed by atoms with Crippen LogP contribution in [-0.2, 0) is 6.18 Å². The third kappa shape index (κ3) is 3.76. The van der Waals surface area contributed by atoms with Crippen LogP contribution in [0.4, 0.5) is 13.2 Å². The molecule has 0 saturated carbocycles. The van der Waals surface area contributed by atoms with E-state index in [1.165, 1.54) is 37.3 Å². The van der Waals surface area contributed by atoms with Gasteiger partial charge >= 0.3 is 6.18 Å². The average molecular weight is 315 g/mol.